The number of hydrogen-bond acceptors (Lipinski definition) is 4. The number of para-hydroxylation sites is 1. The molecule has 6 nitrogen and oxygen atoms in total. The van der Waals surface area contributed by atoms with Crippen molar-refractivity contribution >= 4 is 39.8 Å². The summed E-state index contributed by atoms with van der Waals surface area (Å²) in [6.45, 7) is 3.20. The van der Waals surface area contributed by atoms with Gasteiger partial charge in [-0.25, -0.2) is 9.37 Å². The molecule has 2 aromatic heterocycles. The van der Waals surface area contributed by atoms with E-state index in [4.69, 9.17) is 4.74 Å². The smallest absolute Gasteiger partial charge is 0.256 e. The third-order valence-corrected chi connectivity index (χ3v) is 5.97. The van der Waals surface area contributed by atoms with Crippen molar-refractivity contribution in [3.8, 4) is 17.0 Å². The average molecular weight is 426 g/mol. The summed E-state index contributed by atoms with van der Waals surface area (Å²) < 4.78 is 20.7. The SMILES string of the molecule is Cc1c(-c2cc(F)c3c(c2)/C(=C/c2cc4ccccc4[nH]2)C(=O)N3)cnc2c1NCCO2. The van der Waals surface area contributed by atoms with Crippen molar-refractivity contribution in [2.75, 3.05) is 23.8 Å². The van der Waals surface area contributed by atoms with Crippen molar-refractivity contribution in [1.29, 1.82) is 0 Å². The molecule has 4 heterocycles. The highest BCUT2D eigenvalue weighted by atomic mass is 19.1. The zero-order valence-electron chi connectivity index (χ0n) is 17.3. The van der Waals surface area contributed by atoms with Gasteiger partial charge in [-0.05, 0) is 53.8 Å². The molecule has 1 amide bonds. The Labute approximate surface area is 183 Å². The molecule has 0 saturated heterocycles. The van der Waals surface area contributed by atoms with E-state index in [-0.39, 0.29) is 11.6 Å². The van der Waals surface area contributed by atoms with Gasteiger partial charge >= 0.3 is 0 Å². The molecular formula is C25H19FN4O2. The topological polar surface area (TPSA) is 79.0 Å². The number of rotatable bonds is 2. The number of fused-ring (bicyclic) bond motifs is 3. The largest absolute Gasteiger partial charge is 0.474 e. The van der Waals surface area contributed by atoms with Crippen LogP contribution in [0.3, 0.4) is 0 Å². The van der Waals surface area contributed by atoms with Crippen molar-refractivity contribution in [3.63, 3.8) is 0 Å². The molecule has 32 heavy (non-hydrogen) atoms. The number of nitrogens with one attached hydrogen (secondary N) is 3. The number of H-pyrrole nitrogens is 1. The fraction of sp³-hybridized carbons (Fsp3) is 0.120. The van der Waals surface area contributed by atoms with Crippen molar-refractivity contribution in [2.24, 2.45) is 0 Å². The Kier molecular flexibility index (Phi) is 4.04. The lowest BCUT2D eigenvalue weighted by molar-refractivity contribution is -0.110. The molecule has 0 radical (unpaired) electrons. The Morgan fingerprint density at radius 2 is 2.00 bits per heavy atom. The molecule has 2 aliphatic heterocycles. The van der Waals surface area contributed by atoms with Gasteiger partial charge in [-0.1, -0.05) is 18.2 Å². The first-order chi connectivity index (χ1) is 15.6. The van der Waals surface area contributed by atoms with E-state index in [1.807, 2.05) is 43.3 Å². The summed E-state index contributed by atoms with van der Waals surface area (Å²) in [5, 5.41) is 7.02. The lowest BCUT2D eigenvalue weighted by Crippen LogP contribution is -2.20. The van der Waals surface area contributed by atoms with Gasteiger partial charge in [0.05, 0.1) is 11.3 Å². The maximum Gasteiger partial charge on any atom is 0.256 e. The zero-order chi connectivity index (χ0) is 21.8. The third-order valence-electron chi connectivity index (χ3n) is 5.97. The van der Waals surface area contributed by atoms with Crippen LogP contribution in [0.4, 0.5) is 15.8 Å². The van der Waals surface area contributed by atoms with Crippen LogP contribution in [0, 0.1) is 12.7 Å². The number of ether oxygens (including phenoxy) is 1. The molecule has 0 unspecified atom stereocenters. The van der Waals surface area contributed by atoms with E-state index in [0.29, 0.717) is 35.7 Å². The van der Waals surface area contributed by atoms with Gasteiger partial charge in [0.1, 0.15) is 18.1 Å². The lowest BCUT2D eigenvalue weighted by atomic mass is 9.96. The van der Waals surface area contributed by atoms with E-state index in [1.54, 1.807) is 12.3 Å². The Bertz CT molecular complexity index is 1420. The predicted octanol–water partition coefficient (Wildman–Crippen LogP) is 4.97. The van der Waals surface area contributed by atoms with Crippen molar-refractivity contribution < 1.29 is 13.9 Å². The number of aromatic nitrogens is 2. The number of anilines is 2. The van der Waals surface area contributed by atoms with Gasteiger partial charge in [0, 0.05) is 35.1 Å². The van der Waals surface area contributed by atoms with E-state index in [9.17, 15) is 4.79 Å². The quantitative estimate of drug-likeness (QED) is 0.395. The first kappa shape index (κ1) is 18.6. The Morgan fingerprint density at radius 3 is 2.88 bits per heavy atom. The molecule has 0 atom stereocenters. The normalized spacial score (nSPS) is 15.8. The van der Waals surface area contributed by atoms with Gasteiger partial charge in [-0.2, -0.15) is 0 Å². The fourth-order valence-electron chi connectivity index (χ4n) is 4.39. The molecule has 6 rings (SSSR count). The van der Waals surface area contributed by atoms with Crippen LogP contribution >= 0.6 is 0 Å². The number of pyridine rings is 1. The van der Waals surface area contributed by atoms with Crippen molar-refractivity contribution in [1.82, 2.24) is 9.97 Å². The maximum absolute atomic E-state index is 15.1. The summed E-state index contributed by atoms with van der Waals surface area (Å²) in [5.41, 5.74) is 6.08. The molecule has 0 spiro atoms. The number of halogens is 1. The first-order valence-corrected chi connectivity index (χ1v) is 10.4. The van der Waals surface area contributed by atoms with Crippen LogP contribution in [-0.2, 0) is 4.79 Å². The minimum absolute atomic E-state index is 0.200. The summed E-state index contributed by atoms with van der Waals surface area (Å²) in [7, 11) is 0. The third kappa shape index (κ3) is 2.85. The van der Waals surface area contributed by atoms with E-state index < -0.39 is 5.82 Å². The molecule has 158 valence electrons. The zero-order valence-corrected chi connectivity index (χ0v) is 17.3. The van der Waals surface area contributed by atoms with Crippen LogP contribution in [0.15, 0.2) is 48.7 Å². The van der Waals surface area contributed by atoms with Crippen LogP contribution in [0.2, 0.25) is 0 Å². The number of aromatic amines is 1. The Balaban J connectivity index is 1.48. The summed E-state index contributed by atoms with van der Waals surface area (Å²) in [6, 6.07) is 13.1. The Morgan fingerprint density at radius 1 is 1.12 bits per heavy atom. The molecule has 0 saturated carbocycles. The second kappa shape index (κ2) is 6.95. The summed E-state index contributed by atoms with van der Waals surface area (Å²) in [5.74, 6) is -0.257. The number of hydrogen-bond donors (Lipinski definition) is 3. The minimum atomic E-state index is -0.479. The first-order valence-electron chi connectivity index (χ1n) is 10.4. The van der Waals surface area contributed by atoms with Gasteiger partial charge < -0.3 is 20.4 Å². The van der Waals surface area contributed by atoms with E-state index in [2.05, 4.69) is 20.6 Å². The van der Waals surface area contributed by atoms with Gasteiger partial charge in [0.2, 0.25) is 5.88 Å². The van der Waals surface area contributed by atoms with Gasteiger partial charge in [0.15, 0.2) is 0 Å². The monoisotopic (exact) mass is 426 g/mol. The molecule has 0 fully saturated rings. The van der Waals surface area contributed by atoms with Crippen molar-refractivity contribution in [3.05, 3.63) is 71.3 Å². The highest BCUT2D eigenvalue weighted by molar-refractivity contribution is 6.35. The lowest BCUT2D eigenvalue weighted by Gasteiger charge is -2.21. The van der Waals surface area contributed by atoms with Gasteiger partial charge in [0.25, 0.3) is 5.91 Å². The second-order valence-electron chi connectivity index (χ2n) is 7.96. The summed E-state index contributed by atoms with van der Waals surface area (Å²) in [4.78, 5) is 20.4. The minimum Gasteiger partial charge on any atom is -0.474 e. The molecule has 0 bridgehead atoms. The number of carbonyl (C=O) groups is 1. The highest BCUT2D eigenvalue weighted by Crippen LogP contribution is 2.41. The van der Waals surface area contributed by atoms with E-state index in [0.717, 1.165) is 33.4 Å². The molecule has 2 aliphatic rings. The fourth-order valence-corrected chi connectivity index (χ4v) is 4.39. The average Bonchev–Trinajstić information content (AvgIpc) is 3.35. The van der Waals surface area contributed by atoms with E-state index in [1.165, 1.54) is 6.07 Å². The Hall–Kier alpha value is -4.13. The molecular weight excluding hydrogens is 407 g/mol. The van der Waals surface area contributed by atoms with Gasteiger partial charge in [-0.3, -0.25) is 4.79 Å². The molecule has 4 aromatic rings. The second-order valence-corrected chi connectivity index (χ2v) is 7.96. The maximum atomic E-state index is 15.1. The van der Waals surface area contributed by atoms with Gasteiger partial charge in [-0.15, -0.1) is 0 Å². The van der Waals surface area contributed by atoms with Crippen LogP contribution in [0.5, 0.6) is 5.88 Å². The molecule has 3 N–H and O–H groups in total. The highest BCUT2D eigenvalue weighted by Gasteiger charge is 2.29. The van der Waals surface area contributed by atoms with Crippen LogP contribution in [-0.4, -0.2) is 29.0 Å². The number of carbonyl (C=O) groups excluding carboxylic acids is 1. The molecule has 0 aliphatic carbocycles. The van der Waals surface area contributed by atoms with Crippen LogP contribution < -0.4 is 15.4 Å². The summed E-state index contributed by atoms with van der Waals surface area (Å²) in [6.07, 6.45) is 3.45. The number of benzene rings is 2. The predicted molar refractivity (Wildman–Crippen MR) is 123 cm³/mol. The van der Waals surface area contributed by atoms with Crippen molar-refractivity contribution in [2.45, 2.75) is 6.92 Å². The molecule has 7 heteroatoms. The number of amides is 1. The van der Waals surface area contributed by atoms with E-state index >= 15 is 4.39 Å². The van der Waals surface area contributed by atoms with Crippen LogP contribution in [0.1, 0.15) is 16.8 Å². The standard InChI is InChI=1S/C25H19FN4O2/c1-13-19(12-28-25-22(13)27-6-7-32-25)15-9-17-18(24(31)30-23(17)20(26)10-15)11-16-8-14-4-2-3-5-21(14)29-16/h2-5,8-12,27,29H,6-7H2,1H3,(H,30,31)/b18-11-. The number of nitrogens with zero attached hydrogens (tertiary/aromatic N) is 1. The molecule has 2 aromatic carbocycles. The van der Waals surface area contributed by atoms with Crippen LogP contribution in [0.25, 0.3) is 33.7 Å². The summed E-state index contributed by atoms with van der Waals surface area (Å²) >= 11 is 0.